The first-order valence-electron chi connectivity index (χ1n) is 5.31. The van der Waals surface area contributed by atoms with E-state index in [1.165, 1.54) is 4.31 Å². The Bertz CT molecular complexity index is 417. The number of sulfonamides is 1. The lowest BCUT2D eigenvalue weighted by molar-refractivity contribution is -0.120. The summed E-state index contributed by atoms with van der Waals surface area (Å²) in [6, 6.07) is 0. The Balaban J connectivity index is 2.38. The zero-order valence-electron chi connectivity index (χ0n) is 9.82. The fraction of sp³-hybridized carbons (Fsp3) is 0.900. The number of carbonyl (C=O) groups excluding carboxylic acids is 1. The van der Waals surface area contributed by atoms with E-state index in [1.54, 1.807) is 20.8 Å². The Morgan fingerprint density at radius 3 is 2.25 bits per heavy atom. The first-order valence-corrected chi connectivity index (χ1v) is 6.75. The van der Waals surface area contributed by atoms with Gasteiger partial charge in [0.1, 0.15) is 5.78 Å². The molecule has 2 aliphatic rings. The second-order valence-corrected chi connectivity index (χ2v) is 8.17. The molecule has 2 fully saturated rings. The Hall–Kier alpha value is -0.460. The predicted molar refractivity (Wildman–Crippen MR) is 58.6 cm³/mol. The molecule has 0 bridgehead atoms. The van der Waals surface area contributed by atoms with Crippen molar-refractivity contribution in [2.75, 3.05) is 19.8 Å². The van der Waals surface area contributed by atoms with Crippen molar-refractivity contribution < 1.29 is 17.9 Å². The smallest absolute Gasteiger partial charge is 0.220 e. The molecule has 0 aliphatic carbocycles. The topological polar surface area (TPSA) is 63.7 Å². The zero-order valence-corrected chi connectivity index (χ0v) is 10.6. The molecule has 0 aromatic heterocycles. The van der Waals surface area contributed by atoms with Crippen molar-refractivity contribution in [3.8, 4) is 0 Å². The maximum absolute atomic E-state index is 12.3. The van der Waals surface area contributed by atoms with Crippen LogP contribution in [0.4, 0.5) is 0 Å². The van der Waals surface area contributed by atoms with Crippen LogP contribution >= 0.6 is 0 Å². The molecule has 16 heavy (non-hydrogen) atoms. The Morgan fingerprint density at radius 1 is 1.31 bits per heavy atom. The largest absolute Gasteiger partial charge is 0.377 e. The Morgan fingerprint density at radius 2 is 1.88 bits per heavy atom. The van der Waals surface area contributed by atoms with Crippen LogP contribution in [0.5, 0.6) is 0 Å². The number of Topliss-reactive ketones (excluding diaryl/α,β-unsaturated/α-hetero) is 1. The number of carbonyl (C=O) groups is 1. The molecule has 0 atom stereocenters. The molecule has 6 heteroatoms. The van der Waals surface area contributed by atoms with E-state index in [9.17, 15) is 13.2 Å². The summed E-state index contributed by atoms with van der Waals surface area (Å²) < 4.78 is 30.2. The molecule has 2 saturated heterocycles. The van der Waals surface area contributed by atoms with Gasteiger partial charge in [0, 0.05) is 6.42 Å². The van der Waals surface area contributed by atoms with Gasteiger partial charge in [-0.25, -0.2) is 8.42 Å². The van der Waals surface area contributed by atoms with E-state index in [4.69, 9.17) is 4.74 Å². The van der Waals surface area contributed by atoms with Crippen molar-refractivity contribution in [1.82, 2.24) is 4.31 Å². The normalized spacial score (nSPS) is 26.1. The minimum absolute atomic E-state index is 0.00294. The van der Waals surface area contributed by atoms with Crippen LogP contribution in [-0.2, 0) is 19.6 Å². The number of hydrogen-bond donors (Lipinski definition) is 0. The van der Waals surface area contributed by atoms with Crippen LogP contribution in [0.1, 0.15) is 27.2 Å². The molecule has 2 rings (SSSR count). The van der Waals surface area contributed by atoms with E-state index in [1.807, 2.05) is 0 Å². The molecule has 0 aromatic rings. The monoisotopic (exact) mass is 247 g/mol. The predicted octanol–water partition coefficient (Wildman–Crippen LogP) is 0.158. The molecule has 0 aromatic carbocycles. The molecule has 0 amide bonds. The van der Waals surface area contributed by atoms with Gasteiger partial charge in [-0.1, -0.05) is 0 Å². The number of ether oxygens (including phenoxy) is 1. The molecule has 0 unspecified atom stereocenters. The van der Waals surface area contributed by atoms with Crippen molar-refractivity contribution in [2.24, 2.45) is 0 Å². The van der Waals surface area contributed by atoms with Gasteiger partial charge in [-0.05, 0) is 20.8 Å². The van der Waals surface area contributed by atoms with Gasteiger partial charge in [0.2, 0.25) is 10.0 Å². The first kappa shape index (κ1) is 12.0. The zero-order chi connectivity index (χ0) is 12.2. The third kappa shape index (κ3) is 1.51. The van der Waals surface area contributed by atoms with Crippen molar-refractivity contribution in [3.63, 3.8) is 0 Å². The SMILES string of the molecule is CC(C)(C)S(=O)(=O)N1CC(=O)CC12COC2. The number of hydrogen-bond acceptors (Lipinski definition) is 4. The average molecular weight is 247 g/mol. The fourth-order valence-corrected chi connectivity index (χ4v) is 3.75. The molecular weight excluding hydrogens is 230 g/mol. The summed E-state index contributed by atoms with van der Waals surface area (Å²) in [6.07, 6.45) is 0.294. The van der Waals surface area contributed by atoms with E-state index in [2.05, 4.69) is 0 Å². The minimum atomic E-state index is -3.45. The van der Waals surface area contributed by atoms with Gasteiger partial charge in [-0.15, -0.1) is 0 Å². The Labute approximate surface area is 95.8 Å². The summed E-state index contributed by atoms with van der Waals surface area (Å²) in [4.78, 5) is 11.5. The van der Waals surface area contributed by atoms with Gasteiger partial charge in [-0.2, -0.15) is 4.31 Å². The third-order valence-electron chi connectivity index (χ3n) is 3.18. The lowest BCUT2D eigenvalue weighted by atomic mass is 9.95. The highest BCUT2D eigenvalue weighted by molar-refractivity contribution is 7.90. The Kier molecular flexibility index (Phi) is 2.46. The molecule has 5 nitrogen and oxygen atoms in total. The van der Waals surface area contributed by atoms with Crippen molar-refractivity contribution in [3.05, 3.63) is 0 Å². The molecular formula is C10H17NO4S. The van der Waals surface area contributed by atoms with Crippen LogP contribution in [0, 0.1) is 0 Å². The number of rotatable bonds is 1. The second-order valence-electron chi connectivity index (χ2n) is 5.56. The summed E-state index contributed by atoms with van der Waals surface area (Å²) in [5.74, 6) is -0.0175. The fourth-order valence-electron chi connectivity index (χ4n) is 2.09. The van der Waals surface area contributed by atoms with Crippen molar-refractivity contribution >= 4 is 15.8 Å². The van der Waals surface area contributed by atoms with Gasteiger partial charge < -0.3 is 4.74 Å². The lowest BCUT2D eigenvalue weighted by Crippen LogP contribution is -2.62. The molecule has 2 heterocycles. The maximum atomic E-state index is 12.3. The van der Waals surface area contributed by atoms with E-state index >= 15 is 0 Å². The first-order chi connectivity index (χ1) is 7.19. The van der Waals surface area contributed by atoms with Crippen molar-refractivity contribution in [1.29, 1.82) is 0 Å². The van der Waals surface area contributed by atoms with Crippen LogP contribution < -0.4 is 0 Å². The molecule has 0 radical (unpaired) electrons. The number of nitrogens with zero attached hydrogens (tertiary/aromatic N) is 1. The summed E-state index contributed by atoms with van der Waals surface area (Å²) in [5, 5.41) is 0. The van der Waals surface area contributed by atoms with Gasteiger partial charge >= 0.3 is 0 Å². The minimum Gasteiger partial charge on any atom is -0.377 e. The van der Waals surface area contributed by atoms with Crippen LogP contribution in [0.25, 0.3) is 0 Å². The van der Waals surface area contributed by atoms with Crippen LogP contribution in [0.15, 0.2) is 0 Å². The van der Waals surface area contributed by atoms with Gasteiger partial charge in [-0.3, -0.25) is 4.79 Å². The highest BCUT2D eigenvalue weighted by atomic mass is 32.2. The molecule has 2 aliphatic heterocycles. The molecule has 0 N–H and O–H groups in total. The van der Waals surface area contributed by atoms with Crippen molar-refractivity contribution in [2.45, 2.75) is 37.5 Å². The van der Waals surface area contributed by atoms with E-state index in [0.29, 0.717) is 19.6 Å². The standard InChI is InChI=1S/C10H17NO4S/c1-9(2,3)16(13,14)11-5-8(12)4-10(11)6-15-7-10/h4-7H2,1-3H3. The van der Waals surface area contributed by atoms with E-state index in [-0.39, 0.29) is 12.3 Å². The molecule has 0 saturated carbocycles. The number of ketones is 1. The van der Waals surface area contributed by atoms with Crippen LogP contribution in [0.2, 0.25) is 0 Å². The van der Waals surface area contributed by atoms with Gasteiger partial charge in [0.25, 0.3) is 0 Å². The molecule has 1 spiro atoms. The summed E-state index contributed by atoms with van der Waals surface area (Å²) in [6.45, 7) is 5.64. The second kappa shape index (κ2) is 3.27. The summed E-state index contributed by atoms with van der Waals surface area (Å²) in [5.41, 5.74) is -0.580. The lowest BCUT2D eigenvalue weighted by Gasteiger charge is -2.45. The maximum Gasteiger partial charge on any atom is 0.220 e. The summed E-state index contributed by atoms with van der Waals surface area (Å²) >= 11 is 0. The highest BCUT2D eigenvalue weighted by Crippen LogP contribution is 2.39. The molecule has 92 valence electrons. The third-order valence-corrected chi connectivity index (χ3v) is 5.83. The average Bonchev–Trinajstić information content (AvgIpc) is 2.40. The quantitative estimate of drug-likeness (QED) is 0.662. The van der Waals surface area contributed by atoms with Gasteiger partial charge in [0.05, 0.1) is 30.0 Å². The van der Waals surface area contributed by atoms with Crippen LogP contribution in [0.3, 0.4) is 0 Å². The van der Waals surface area contributed by atoms with Gasteiger partial charge in [0.15, 0.2) is 0 Å². The highest BCUT2D eigenvalue weighted by Gasteiger charge is 2.57. The van der Waals surface area contributed by atoms with Crippen LogP contribution in [-0.4, -0.2) is 48.6 Å². The van der Waals surface area contributed by atoms with E-state index < -0.39 is 20.3 Å². The summed E-state index contributed by atoms with van der Waals surface area (Å²) in [7, 11) is -3.45. The van der Waals surface area contributed by atoms with E-state index in [0.717, 1.165) is 0 Å².